The number of aromatic amines is 2. The summed E-state index contributed by atoms with van der Waals surface area (Å²) in [7, 11) is -3.15. The first kappa shape index (κ1) is 77.0. The molecular weight excluding hydrogens is 1460 g/mol. The van der Waals surface area contributed by atoms with Gasteiger partial charge in [0.05, 0.1) is 39.2 Å². The lowest BCUT2D eigenvalue weighted by molar-refractivity contribution is 0.0585. The van der Waals surface area contributed by atoms with Crippen LogP contribution in [0.2, 0.25) is 20.1 Å². The van der Waals surface area contributed by atoms with Crippen molar-refractivity contribution in [1.82, 2.24) is 33.9 Å². The van der Waals surface area contributed by atoms with Crippen molar-refractivity contribution in [1.29, 1.82) is 0 Å². The molecule has 0 saturated carbocycles. The van der Waals surface area contributed by atoms with Crippen molar-refractivity contribution in [2.45, 2.75) is 98.8 Å². The van der Waals surface area contributed by atoms with E-state index >= 15 is 0 Å². The molecule has 7 aromatic heterocycles. The van der Waals surface area contributed by atoms with Gasteiger partial charge >= 0.3 is 25.0 Å². The number of carboxylic acids is 1. The molecule has 0 spiro atoms. The zero-order valence-electron chi connectivity index (χ0n) is 48.3. The first-order valence-corrected chi connectivity index (χ1v) is 30.7. The number of rotatable bonds is 14. The summed E-state index contributed by atoms with van der Waals surface area (Å²) in [5, 5.41) is 37.8. The molecule has 0 aliphatic heterocycles. The van der Waals surface area contributed by atoms with Gasteiger partial charge in [-0.25, -0.2) is 46.7 Å². The molecule has 0 amide bonds. The second-order valence-electron chi connectivity index (χ2n) is 19.2. The maximum Gasteiger partial charge on any atom is 0.490 e. The van der Waals surface area contributed by atoms with Crippen LogP contribution in [-0.2, 0) is 19.5 Å². The maximum absolute atomic E-state index is 13.2. The molecular formula is C57H69BCl4FI2N11O10S. The van der Waals surface area contributed by atoms with Crippen LogP contribution in [0.4, 0.5) is 21.8 Å². The van der Waals surface area contributed by atoms with Gasteiger partial charge in [0.2, 0.25) is 5.95 Å². The van der Waals surface area contributed by atoms with Gasteiger partial charge in [-0.2, -0.15) is 4.39 Å². The molecule has 0 aliphatic rings. The van der Waals surface area contributed by atoms with Crippen molar-refractivity contribution in [2.75, 3.05) is 30.2 Å². The van der Waals surface area contributed by atoms with Crippen LogP contribution in [0, 0.1) is 20.0 Å². The fourth-order valence-corrected chi connectivity index (χ4v) is 9.39. The topological polar surface area (TPSA) is 315 Å². The molecule has 1 aromatic carbocycles. The lowest BCUT2D eigenvalue weighted by Gasteiger charge is -2.11. The lowest BCUT2D eigenvalue weighted by Crippen LogP contribution is -2.28. The summed E-state index contributed by atoms with van der Waals surface area (Å²) in [6, 6.07) is 18.5. The lowest BCUT2D eigenvalue weighted by atomic mass is 9.82. The number of aromatic nitrogens is 7. The third-order valence-electron chi connectivity index (χ3n) is 10.3. The molecule has 0 atom stereocenters. The van der Waals surface area contributed by atoms with E-state index in [1.165, 1.54) is 69.3 Å². The number of ether oxygens (including phenoxy) is 2. The minimum atomic E-state index is -4.03. The summed E-state index contributed by atoms with van der Waals surface area (Å²) < 4.78 is 50.4. The van der Waals surface area contributed by atoms with Gasteiger partial charge in [0.25, 0.3) is 10.0 Å². The molecule has 0 saturated heterocycles. The highest BCUT2D eigenvalue weighted by Gasteiger charge is 2.26. The number of hydrogen-bond acceptors (Lipinski definition) is 17. The highest BCUT2D eigenvalue weighted by Crippen LogP contribution is 2.34. The number of H-pyrrole nitrogens is 2. The summed E-state index contributed by atoms with van der Waals surface area (Å²) in [6.07, 6.45) is 10.3. The van der Waals surface area contributed by atoms with Crippen molar-refractivity contribution in [3.63, 3.8) is 0 Å². The molecule has 8 aromatic rings. The number of nitrogens with two attached hydrogens (primary N) is 1. The van der Waals surface area contributed by atoms with Crippen molar-refractivity contribution in [2.24, 2.45) is 5.73 Å². The van der Waals surface area contributed by atoms with E-state index in [2.05, 4.69) is 87.0 Å². The van der Waals surface area contributed by atoms with Gasteiger partial charge in [-0.05, 0) is 148 Å². The molecule has 0 aliphatic carbocycles. The number of hydrogen-bond donors (Lipinski definition) is 9. The Morgan fingerprint density at radius 1 is 0.655 bits per heavy atom. The molecule has 8 rings (SSSR count). The van der Waals surface area contributed by atoms with E-state index in [0.29, 0.717) is 58.5 Å². The third kappa shape index (κ3) is 25.5. The molecule has 470 valence electrons. The molecule has 0 unspecified atom stereocenters. The second kappa shape index (κ2) is 37.0. The molecule has 0 bridgehead atoms. The van der Waals surface area contributed by atoms with Gasteiger partial charge in [-0.3, -0.25) is 0 Å². The number of halogens is 7. The average molecular weight is 1530 g/mol. The number of methoxy groups -OCH3 is 2. The summed E-state index contributed by atoms with van der Waals surface area (Å²) in [4.78, 5) is 55.2. The predicted molar refractivity (Wildman–Crippen MR) is 362 cm³/mol. The van der Waals surface area contributed by atoms with Crippen molar-refractivity contribution in [3.05, 3.63) is 166 Å². The minimum Gasteiger partial charge on any atom is -0.477 e. The van der Waals surface area contributed by atoms with Crippen molar-refractivity contribution >= 4 is 150 Å². The average Bonchev–Trinajstić information content (AvgIpc) is 1.76. The Morgan fingerprint density at radius 3 is 1.49 bits per heavy atom. The second-order valence-corrected chi connectivity index (χ2v) is 25.0. The van der Waals surface area contributed by atoms with Crippen LogP contribution >= 0.6 is 91.6 Å². The van der Waals surface area contributed by atoms with E-state index in [9.17, 15) is 27.2 Å². The molecule has 10 N–H and O–H groups in total. The van der Waals surface area contributed by atoms with Crippen molar-refractivity contribution in [3.8, 4) is 22.3 Å². The Labute approximate surface area is 553 Å². The van der Waals surface area contributed by atoms with E-state index in [-0.39, 0.29) is 47.0 Å². The molecule has 0 fully saturated rings. The normalized spacial score (nSPS) is 10.5. The van der Waals surface area contributed by atoms with Crippen molar-refractivity contribution < 1.29 is 51.8 Å². The number of aryl methyl sites for hydroxylation is 1. The van der Waals surface area contributed by atoms with Crippen LogP contribution in [-0.4, -0.2) is 121 Å². The van der Waals surface area contributed by atoms with Crippen LogP contribution in [0.15, 0.2) is 115 Å². The fraction of sp³-hybridized carbons (Fsp3) is 0.281. The van der Waals surface area contributed by atoms with Gasteiger partial charge in [-0.1, -0.05) is 85.4 Å². The predicted octanol–water partition coefficient (Wildman–Crippen LogP) is 12.7. The van der Waals surface area contributed by atoms with Gasteiger partial charge in [-0.15, -0.1) is 0 Å². The smallest absolute Gasteiger partial charge is 0.477 e. The number of carbonyl (C=O) groups excluding carboxylic acids is 2. The number of anilines is 3. The van der Waals surface area contributed by atoms with E-state index in [0.717, 1.165) is 30.1 Å². The first-order valence-electron chi connectivity index (χ1n) is 25.6. The third-order valence-corrected chi connectivity index (χ3v) is 15.6. The monoisotopic (exact) mass is 1520 g/mol. The quantitative estimate of drug-likeness (QED) is 0.0211. The Bertz CT molecular complexity index is 3630. The van der Waals surface area contributed by atoms with Gasteiger partial charge in [0.15, 0.2) is 0 Å². The largest absolute Gasteiger partial charge is 0.490 e. The first-order chi connectivity index (χ1) is 40.3. The Morgan fingerprint density at radius 2 is 1.09 bits per heavy atom. The Hall–Kier alpha value is -6.09. The number of esters is 2. The number of aromatic carboxylic acids is 1. The highest BCUT2D eigenvalue weighted by atomic mass is 127. The number of pyridine rings is 4. The maximum atomic E-state index is 13.2. The van der Waals surface area contributed by atoms with E-state index in [4.69, 9.17) is 72.0 Å². The molecule has 87 heavy (non-hydrogen) atoms. The summed E-state index contributed by atoms with van der Waals surface area (Å²) in [5.74, 6) is -0.658. The Balaban J connectivity index is 0.000000389. The minimum absolute atomic E-state index is 0. The summed E-state index contributed by atoms with van der Waals surface area (Å²) in [5.41, 5.74) is 8.91. The molecule has 7 heterocycles. The zero-order valence-corrected chi connectivity index (χ0v) is 56.5. The number of carbonyl (C=O) groups is 3. The number of nitrogens with one attached hydrogen (secondary N) is 5. The zero-order chi connectivity index (χ0) is 64.7. The van der Waals surface area contributed by atoms with Gasteiger partial charge in [0.1, 0.15) is 34.5 Å². The number of nitrogens with zero attached hydrogens (tertiary/aromatic N) is 5. The summed E-state index contributed by atoms with van der Waals surface area (Å²) in [6.45, 7) is 17.8. The number of carboxylic acid groups (broad SMARTS) is 1. The van der Waals surface area contributed by atoms with Crippen LogP contribution < -0.4 is 27.1 Å². The molecule has 0 radical (unpaired) electrons. The standard InChI is InChI=1S/C21H22ClN3O4S.C13H14ClN3O2.C8H10ClIN2.C6H8BNO4.C5H2ClFIN.C3H9N.CH4/c1-13(2)24-20-10-17(18(22)11-23-20)15-9-19(21(26)29-4)25(12-15)30(27,28)16-7-5-14(3)6-8-16;1-7(2)17-12-4-9(10(14)6-16-12)8-3-11(13(18)19)15-5-8;1-5(2)12-8-3-7(10)6(9)4-11-8;1-12-6(9)5-2-4(3-8-5)7(10)11;6-3-2-9-5(7)1-4(3)8;1-3(2)4;/h5-13H,1-4H3,(H,23,24);3-7,15H,1-2H3,(H,16,17)(H,18,19);3-5H,1-2H3,(H,11,12);2-3,8,10-11H,1H3;1-2H;3H,4H2,1-2H3;1H4. The van der Waals surface area contributed by atoms with E-state index in [1.54, 1.807) is 48.9 Å². The molecule has 30 heteroatoms. The summed E-state index contributed by atoms with van der Waals surface area (Å²) >= 11 is 27.9. The van der Waals surface area contributed by atoms with Gasteiger partial charge < -0.3 is 56.3 Å². The Kier molecular flexibility index (Phi) is 32.8. The van der Waals surface area contributed by atoms with Crippen LogP contribution in [0.5, 0.6) is 0 Å². The van der Waals surface area contributed by atoms with E-state index in [1.807, 2.05) is 77.1 Å². The number of benzene rings is 1. The van der Waals surface area contributed by atoms with Gasteiger partial charge in [0, 0.05) is 102 Å². The van der Waals surface area contributed by atoms with Crippen LogP contribution in [0.25, 0.3) is 22.3 Å². The van der Waals surface area contributed by atoms with Crippen LogP contribution in [0.1, 0.15) is 99.8 Å². The molecule has 21 nitrogen and oxygen atoms in total. The van der Waals surface area contributed by atoms with E-state index < -0.39 is 41.0 Å². The fourth-order valence-electron chi connectivity index (χ4n) is 6.58. The van der Waals surface area contributed by atoms with Crippen LogP contribution in [0.3, 0.4) is 0 Å². The SMILES string of the molecule is C.CC(C)N.CC(C)Nc1cc(-c2c[nH]c(C(=O)O)c2)c(Cl)cn1.CC(C)Nc1cc(I)c(Cl)cn1.COC(=O)c1cc(-c2cc(NC(C)C)ncc2Cl)cn1S(=O)(=O)c1ccc(C)cc1.COC(=O)c1cc(B(O)O)c[nH]1.Fc1cc(I)c(Cl)cn1. The highest BCUT2D eigenvalue weighted by molar-refractivity contribution is 14.1.